The van der Waals surface area contributed by atoms with Crippen LogP contribution in [-0.4, -0.2) is 15.2 Å². The fourth-order valence-electron chi connectivity index (χ4n) is 1.10. The highest BCUT2D eigenvalue weighted by Gasteiger charge is 2.22. The summed E-state index contributed by atoms with van der Waals surface area (Å²) >= 11 is 10.9. The Balaban J connectivity index is 3.05. The number of nitrogens with zero attached hydrogens (tertiary/aromatic N) is 1. The van der Waals surface area contributed by atoms with Crippen molar-refractivity contribution < 1.29 is 19.0 Å². The number of hydrogen-bond donors (Lipinski definition) is 2. The van der Waals surface area contributed by atoms with E-state index >= 15 is 0 Å². The molecule has 0 aliphatic carbocycles. The van der Waals surface area contributed by atoms with Gasteiger partial charge in [-0.2, -0.15) is 0 Å². The van der Waals surface area contributed by atoms with Gasteiger partial charge in [0.15, 0.2) is 11.0 Å². The van der Waals surface area contributed by atoms with Crippen molar-refractivity contribution in [2.24, 2.45) is 0 Å². The fourth-order valence-corrected chi connectivity index (χ4v) is 1.58. The van der Waals surface area contributed by atoms with Gasteiger partial charge in [-0.1, -0.05) is 23.2 Å². The highest BCUT2D eigenvalue weighted by molar-refractivity contribution is 6.37. The minimum Gasteiger partial charge on any atom is -0.480 e. The molecule has 2 heterocycles. The summed E-state index contributed by atoms with van der Waals surface area (Å²) in [6.45, 7) is 0. The van der Waals surface area contributed by atoms with Gasteiger partial charge in [-0.05, 0) is 0 Å². The Hall–Kier alpha value is -1.20. The molecule has 14 heavy (non-hydrogen) atoms. The van der Waals surface area contributed by atoms with E-state index in [1.54, 1.807) is 0 Å². The van der Waals surface area contributed by atoms with Crippen LogP contribution in [0, 0.1) is 5.82 Å². The van der Waals surface area contributed by atoms with Crippen molar-refractivity contribution >= 4 is 34.0 Å². The average molecular weight is 238 g/mol. The number of hydrogen-bond acceptors (Lipinski definition) is 4. The normalized spacial score (nSPS) is 11.1. The van der Waals surface area contributed by atoms with Gasteiger partial charge in [0, 0.05) is 0 Å². The van der Waals surface area contributed by atoms with Gasteiger partial charge in [0.05, 0.1) is 0 Å². The van der Waals surface area contributed by atoms with E-state index in [0.717, 1.165) is 0 Å². The highest BCUT2D eigenvalue weighted by Crippen LogP contribution is 2.42. The maximum absolute atomic E-state index is 13.3. The third-order valence-corrected chi connectivity index (χ3v) is 2.20. The molecule has 0 unspecified atom stereocenters. The zero-order valence-electron chi connectivity index (χ0n) is 6.38. The van der Waals surface area contributed by atoms with Crippen LogP contribution < -0.4 is 0 Å². The smallest absolute Gasteiger partial charge is 0.296 e. The van der Waals surface area contributed by atoms with E-state index in [0.29, 0.717) is 0 Å². The van der Waals surface area contributed by atoms with Crippen LogP contribution >= 0.6 is 23.2 Å². The van der Waals surface area contributed by atoms with Crippen molar-refractivity contribution in [1.82, 2.24) is 4.98 Å². The van der Waals surface area contributed by atoms with E-state index in [1.807, 2.05) is 0 Å². The summed E-state index contributed by atoms with van der Waals surface area (Å²) in [5.41, 5.74) is 0. The molecule has 2 rings (SSSR count). The fraction of sp³-hybridized carbons (Fsp3) is 0. The summed E-state index contributed by atoms with van der Waals surface area (Å²) in [7, 11) is 0. The van der Waals surface area contributed by atoms with Gasteiger partial charge in [-0.3, -0.25) is 0 Å². The molecule has 0 amide bonds. The molecule has 0 atom stereocenters. The van der Waals surface area contributed by atoms with Crippen molar-refractivity contribution in [2.75, 3.05) is 0 Å². The lowest BCUT2D eigenvalue weighted by Crippen LogP contribution is -1.85. The van der Waals surface area contributed by atoms with Gasteiger partial charge >= 0.3 is 0 Å². The summed E-state index contributed by atoms with van der Waals surface area (Å²) in [5, 5.41) is 16.9. The molecule has 0 aliphatic heterocycles. The monoisotopic (exact) mass is 237 g/mol. The first-order valence-corrected chi connectivity index (χ1v) is 4.13. The first kappa shape index (κ1) is 9.36. The van der Waals surface area contributed by atoms with Gasteiger partial charge in [0.2, 0.25) is 0 Å². The molecule has 0 bridgehead atoms. The Kier molecular flexibility index (Phi) is 1.94. The Labute approximate surface area is 86.5 Å². The number of rotatable bonds is 0. The molecule has 2 aromatic heterocycles. The van der Waals surface area contributed by atoms with Crippen LogP contribution in [0.2, 0.25) is 10.3 Å². The van der Waals surface area contributed by atoms with E-state index in [2.05, 4.69) is 9.40 Å². The summed E-state index contributed by atoms with van der Waals surface area (Å²) in [5.74, 6) is -2.49. The van der Waals surface area contributed by atoms with Crippen molar-refractivity contribution in [3.05, 3.63) is 16.1 Å². The minimum absolute atomic E-state index is 0.203. The zero-order chi connectivity index (χ0) is 10.5. The first-order valence-electron chi connectivity index (χ1n) is 3.37. The molecule has 0 aromatic carbocycles. The second-order valence-corrected chi connectivity index (χ2v) is 3.19. The van der Waals surface area contributed by atoms with E-state index in [4.69, 9.17) is 33.4 Å². The molecule has 2 N–H and O–H groups in total. The third-order valence-electron chi connectivity index (χ3n) is 1.67. The molecule has 0 saturated heterocycles. The molecule has 0 radical (unpaired) electrons. The van der Waals surface area contributed by atoms with Gasteiger partial charge in [-0.25, -0.2) is 9.37 Å². The lowest BCUT2D eigenvalue weighted by atomic mass is 10.2. The second-order valence-electron chi connectivity index (χ2n) is 2.47. The van der Waals surface area contributed by atoms with E-state index in [1.165, 1.54) is 0 Å². The molecule has 74 valence electrons. The standard InChI is InChI=1S/C7H2Cl2FNO3/c8-4-2-1(3(10)5(9)11-4)6(12)14-7(2)13/h12-13H. The summed E-state index contributed by atoms with van der Waals surface area (Å²) in [6, 6.07) is 0. The van der Waals surface area contributed by atoms with Crippen LogP contribution in [0.1, 0.15) is 0 Å². The largest absolute Gasteiger partial charge is 0.480 e. The first-order chi connectivity index (χ1) is 6.52. The molecule has 4 nitrogen and oxygen atoms in total. The van der Waals surface area contributed by atoms with Crippen LogP contribution in [0.4, 0.5) is 4.39 Å². The number of aromatic hydroxyl groups is 2. The van der Waals surface area contributed by atoms with Gasteiger partial charge in [-0.15, -0.1) is 0 Å². The van der Waals surface area contributed by atoms with Gasteiger partial charge in [0.1, 0.15) is 15.9 Å². The molecular weight excluding hydrogens is 236 g/mol. The lowest BCUT2D eigenvalue weighted by molar-refractivity contribution is 0.269. The van der Waals surface area contributed by atoms with E-state index in [9.17, 15) is 4.39 Å². The molecule has 0 spiro atoms. The minimum atomic E-state index is -0.993. The Morgan fingerprint density at radius 1 is 1.07 bits per heavy atom. The molecule has 0 saturated carbocycles. The van der Waals surface area contributed by atoms with Crippen LogP contribution in [0.3, 0.4) is 0 Å². The van der Waals surface area contributed by atoms with Crippen LogP contribution in [0.15, 0.2) is 4.42 Å². The quantitative estimate of drug-likeness (QED) is 0.692. The molecule has 0 fully saturated rings. The maximum Gasteiger partial charge on any atom is 0.296 e. The third kappa shape index (κ3) is 1.09. The Morgan fingerprint density at radius 3 is 2.29 bits per heavy atom. The predicted molar refractivity (Wildman–Crippen MR) is 47.3 cm³/mol. The summed E-state index contributed by atoms with van der Waals surface area (Å²) < 4.78 is 17.6. The van der Waals surface area contributed by atoms with Crippen molar-refractivity contribution in [1.29, 1.82) is 0 Å². The maximum atomic E-state index is 13.3. The zero-order valence-corrected chi connectivity index (χ0v) is 7.90. The molecular formula is C7H2Cl2FNO3. The van der Waals surface area contributed by atoms with Crippen LogP contribution in [0.5, 0.6) is 11.9 Å². The number of furan rings is 1. The number of aromatic nitrogens is 1. The summed E-state index contributed by atoms with van der Waals surface area (Å²) in [6.07, 6.45) is 0. The Morgan fingerprint density at radius 2 is 1.64 bits per heavy atom. The second kappa shape index (κ2) is 2.90. The molecule has 0 aliphatic rings. The summed E-state index contributed by atoms with van der Waals surface area (Å²) in [4.78, 5) is 3.40. The van der Waals surface area contributed by atoms with Crippen LogP contribution in [0.25, 0.3) is 10.8 Å². The molecule has 2 aromatic rings. The average Bonchev–Trinajstić information content (AvgIpc) is 2.38. The molecule has 7 heteroatoms. The predicted octanol–water partition coefficient (Wildman–Crippen LogP) is 2.68. The number of pyridine rings is 1. The van der Waals surface area contributed by atoms with E-state index < -0.39 is 22.9 Å². The van der Waals surface area contributed by atoms with E-state index in [-0.39, 0.29) is 15.9 Å². The number of fused-ring (bicyclic) bond motifs is 1. The van der Waals surface area contributed by atoms with Crippen LogP contribution in [-0.2, 0) is 0 Å². The van der Waals surface area contributed by atoms with Crippen molar-refractivity contribution in [3.63, 3.8) is 0 Å². The topological polar surface area (TPSA) is 66.5 Å². The lowest BCUT2D eigenvalue weighted by Gasteiger charge is -1.96. The SMILES string of the molecule is Oc1oc(O)c2c(F)c(Cl)nc(Cl)c12. The van der Waals surface area contributed by atoms with Gasteiger partial charge < -0.3 is 14.6 Å². The van der Waals surface area contributed by atoms with Crippen molar-refractivity contribution in [3.8, 4) is 11.9 Å². The van der Waals surface area contributed by atoms with Crippen molar-refractivity contribution in [2.45, 2.75) is 0 Å². The van der Waals surface area contributed by atoms with Gasteiger partial charge in [0.25, 0.3) is 11.9 Å². The Bertz CT molecular complexity index is 525. The number of halogens is 3. The highest BCUT2D eigenvalue weighted by atomic mass is 35.5.